The molecule has 0 bridgehead atoms. The Balaban J connectivity index is 2.18. The van der Waals surface area contributed by atoms with E-state index in [9.17, 15) is 4.39 Å². The van der Waals surface area contributed by atoms with Crippen LogP contribution in [0.5, 0.6) is 11.5 Å². The Labute approximate surface area is 112 Å². The van der Waals surface area contributed by atoms with Gasteiger partial charge >= 0.3 is 0 Å². The fourth-order valence-corrected chi connectivity index (χ4v) is 1.67. The fraction of sp³-hybridized carbons (Fsp3) is 0.357. The van der Waals surface area contributed by atoms with Crippen LogP contribution < -0.4 is 10.5 Å². The number of hydrogen-bond acceptors (Lipinski definition) is 3. The monoisotopic (exact) mass is 263 g/mol. The van der Waals surface area contributed by atoms with Gasteiger partial charge < -0.3 is 10.5 Å². The molecule has 0 spiro atoms. The van der Waals surface area contributed by atoms with Gasteiger partial charge in [0.05, 0.1) is 12.4 Å². The van der Waals surface area contributed by atoms with Gasteiger partial charge in [0.15, 0.2) is 17.3 Å². The van der Waals surface area contributed by atoms with Gasteiger partial charge in [0.25, 0.3) is 0 Å². The Bertz CT molecular complexity index is 564. The lowest BCUT2D eigenvalue weighted by Crippen LogP contribution is -2.05. The molecule has 0 aliphatic heterocycles. The average Bonchev–Trinajstić information content (AvgIpc) is 2.80. The maximum Gasteiger partial charge on any atom is 0.166 e. The average molecular weight is 263 g/mol. The molecule has 0 saturated carbocycles. The Kier molecular flexibility index (Phi) is 3.85. The predicted molar refractivity (Wildman–Crippen MR) is 71.7 cm³/mol. The van der Waals surface area contributed by atoms with Gasteiger partial charge in [-0.05, 0) is 38.5 Å². The first-order chi connectivity index (χ1) is 8.97. The van der Waals surface area contributed by atoms with Crippen LogP contribution in [0, 0.1) is 5.82 Å². The van der Waals surface area contributed by atoms with Crippen molar-refractivity contribution in [3.05, 3.63) is 42.0 Å². The lowest BCUT2D eigenvalue weighted by atomic mass is 10.1. The molecular formula is C14H18FN3O. The zero-order valence-corrected chi connectivity index (χ0v) is 11.3. The number of nitrogens with two attached hydrogens (primary N) is 1. The minimum Gasteiger partial charge on any atom is -0.451 e. The summed E-state index contributed by atoms with van der Waals surface area (Å²) in [4.78, 5) is 0. The molecule has 2 aromatic rings. The highest BCUT2D eigenvalue weighted by atomic mass is 19.1. The van der Waals surface area contributed by atoms with Crippen LogP contribution in [0.25, 0.3) is 0 Å². The van der Waals surface area contributed by atoms with E-state index in [1.807, 2.05) is 20.8 Å². The maximum absolute atomic E-state index is 13.9. The number of halogens is 1. The second-order valence-corrected chi connectivity index (χ2v) is 4.83. The maximum atomic E-state index is 13.9. The molecule has 5 heteroatoms. The smallest absolute Gasteiger partial charge is 0.166 e. The molecule has 0 amide bonds. The van der Waals surface area contributed by atoms with Crippen LogP contribution in [0.15, 0.2) is 30.6 Å². The lowest BCUT2D eigenvalue weighted by molar-refractivity contribution is 0.439. The van der Waals surface area contributed by atoms with Gasteiger partial charge in [0, 0.05) is 12.1 Å². The summed E-state index contributed by atoms with van der Waals surface area (Å²) in [7, 11) is 0. The molecule has 1 atom stereocenters. The number of nitrogens with zero attached hydrogens (tertiary/aromatic N) is 2. The van der Waals surface area contributed by atoms with Gasteiger partial charge in [-0.1, -0.05) is 6.07 Å². The second-order valence-electron chi connectivity index (χ2n) is 4.83. The van der Waals surface area contributed by atoms with E-state index in [0.717, 1.165) is 5.56 Å². The third-order valence-corrected chi connectivity index (χ3v) is 2.82. The van der Waals surface area contributed by atoms with Crippen molar-refractivity contribution in [1.29, 1.82) is 0 Å². The number of benzene rings is 1. The molecule has 0 fully saturated rings. The quantitative estimate of drug-likeness (QED) is 0.919. The summed E-state index contributed by atoms with van der Waals surface area (Å²) in [6, 6.07) is 4.78. The van der Waals surface area contributed by atoms with E-state index in [4.69, 9.17) is 10.5 Å². The summed E-state index contributed by atoms with van der Waals surface area (Å²) in [5.74, 6) is 0.265. The van der Waals surface area contributed by atoms with Gasteiger partial charge in [-0.2, -0.15) is 5.10 Å². The molecule has 0 aliphatic rings. The number of aromatic nitrogens is 2. The number of hydrogen-bond donors (Lipinski definition) is 1. The number of rotatable bonds is 4. The first-order valence-electron chi connectivity index (χ1n) is 6.24. The zero-order chi connectivity index (χ0) is 14.0. The zero-order valence-electron chi connectivity index (χ0n) is 11.3. The molecule has 2 N–H and O–H groups in total. The first kappa shape index (κ1) is 13.5. The van der Waals surface area contributed by atoms with Crippen LogP contribution in [0.2, 0.25) is 0 Å². The van der Waals surface area contributed by atoms with E-state index in [-0.39, 0.29) is 17.8 Å². The van der Waals surface area contributed by atoms with Crippen LogP contribution in [0.3, 0.4) is 0 Å². The number of ether oxygens (including phenoxy) is 1. The van der Waals surface area contributed by atoms with Crippen molar-refractivity contribution in [3.63, 3.8) is 0 Å². The molecule has 2 rings (SSSR count). The van der Waals surface area contributed by atoms with Crippen LogP contribution >= 0.6 is 0 Å². The minimum atomic E-state index is -0.424. The Morgan fingerprint density at radius 2 is 2.05 bits per heavy atom. The molecular weight excluding hydrogens is 245 g/mol. The van der Waals surface area contributed by atoms with Gasteiger partial charge in [-0.3, -0.25) is 4.68 Å². The summed E-state index contributed by atoms with van der Waals surface area (Å²) < 4.78 is 21.1. The van der Waals surface area contributed by atoms with E-state index in [1.165, 1.54) is 6.07 Å². The van der Waals surface area contributed by atoms with Crippen LogP contribution in [-0.4, -0.2) is 9.78 Å². The molecule has 1 aromatic carbocycles. The Morgan fingerprint density at radius 1 is 1.32 bits per heavy atom. The van der Waals surface area contributed by atoms with E-state index in [2.05, 4.69) is 5.10 Å². The van der Waals surface area contributed by atoms with Gasteiger partial charge in [-0.15, -0.1) is 0 Å². The van der Waals surface area contributed by atoms with Crippen LogP contribution in [-0.2, 0) is 0 Å². The third-order valence-electron chi connectivity index (χ3n) is 2.82. The molecule has 0 aliphatic carbocycles. The SMILES string of the molecule is CC(N)c1ccc(Oc2cnn(C(C)C)c2)c(F)c1. The molecule has 102 valence electrons. The highest BCUT2D eigenvalue weighted by molar-refractivity contribution is 5.33. The van der Waals surface area contributed by atoms with E-state index < -0.39 is 5.82 Å². The van der Waals surface area contributed by atoms with Gasteiger partial charge in [-0.25, -0.2) is 4.39 Å². The molecule has 0 radical (unpaired) electrons. The Morgan fingerprint density at radius 3 is 2.58 bits per heavy atom. The van der Waals surface area contributed by atoms with Crippen LogP contribution in [0.1, 0.15) is 38.4 Å². The van der Waals surface area contributed by atoms with Crippen molar-refractivity contribution in [1.82, 2.24) is 9.78 Å². The summed E-state index contributed by atoms with van der Waals surface area (Å²) >= 11 is 0. The summed E-state index contributed by atoms with van der Waals surface area (Å²) in [5.41, 5.74) is 6.44. The molecule has 19 heavy (non-hydrogen) atoms. The largest absolute Gasteiger partial charge is 0.451 e. The molecule has 0 saturated heterocycles. The molecule has 1 heterocycles. The molecule has 4 nitrogen and oxygen atoms in total. The van der Waals surface area contributed by atoms with Crippen molar-refractivity contribution >= 4 is 0 Å². The van der Waals surface area contributed by atoms with E-state index >= 15 is 0 Å². The van der Waals surface area contributed by atoms with Gasteiger partial charge in [0.2, 0.25) is 0 Å². The molecule has 1 aromatic heterocycles. The van der Waals surface area contributed by atoms with Crippen molar-refractivity contribution in [2.75, 3.05) is 0 Å². The third kappa shape index (κ3) is 3.12. The van der Waals surface area contributed by atoms with E-state index in [1.54, 1.807) is 29.2 Å². The summed E-state index contributed by atoms with van der Waals surface area (Å²) in [6.07, 6.45) is 3.31. The van der Waals surface area contributed by atoms with Crippen molar-refractivity contribution < 1.29 is 9.13 Å². The topological polar surface area (TPSA) is 53.1 Å². The molecule has 1 unspecified atom stereocenters. The van der Waals surface area contributed by atoms with Crippen LogP contribution in [0.4, 0.5) is 4.39 Å². The van der Waals surface area contributed by atoms with Gasteiger partial charge in [0.1, 0.15) is 0 Å². The highest BCUT2D eigenvalue weighted by Gasteiger charge is 2.10. The normalized spacial score (nSPS) is 12.7. The fourth-order valence-electron chi connectivity index (χ4n) is 1.67. The standard InChI is InChI=1S/C14H18FN3O/c1-9(2)18-8-12(7-17-18)19-14-5-4-11(10(3)16)6-13(14)15/h4-10H,16H2,1-3H3. The van der Waals surface area contributed by atoms with Crippen molar-refractivity contribution in [2.45, 2.75) is 32.9 Å². The van der Waals surface area contributed by atoms with E-state index in [0.29, 0.717) is 5.75 Å². The highest BCUT2D eigenvalue weighted by Crippen LogP contribution is 2.26. The lowest BCUT2D eigenvalue weighted by Gasteiger charge is -2.09. The predicted octanol–water partition coefficient (Wildman–Crippen LogP) is 3.42. The van der Waals surface area contributed by atoms with Crippen molar-refractivity contribution in [2.24, 2.45) is 5.73 Å². The minimum absolute atomic E-state index is 0.174. The summed E-state index contributed by atoms with van der Waals surface area (Å²) in [6.45, 7) is 5.82. The van der Waals surface area contributed by atoms with Crippen molar-refractivity contribution in [3.8, 4) is 11.5 Å². The second kappa shape index (κ2) is 5.40. The first-order valence-corrected chi connectivity index (χ1v) is 6.24. The summed E-state index contributed by atoms with van der Waals surface area (Å²) in [5, 5.41) is 4.14. The Hall–Kier alpha value is -1.88.